The summed E-state index contributed by atoms with van der Waals surface area (Å²) in [6, 6.07) is 11.7. The maximum atomic E-state index is 14.9. The van der Waals surface area contributed by atoms with E-state index in [1.165, 1.54) is 11.3 Å². The topological polar surface area (TPSA) is 101 Å². The summed E-state index contributed by atoms with van der Waals surface area (Å²) in [6.07, 6.45) is 8.74. The molecule has 9 rings (SSSR count). The van der Waals surface area contributed by atoms with Gasteiger partial charge in [-0.2, -0.15) is 0 Å². The number of aliphatic hydroxyl groups is 2. The summed E-state index contributed by atoms with van der Waals surface area (Å²) < 4.78 is 8.89. The monoisotopic (exact) mass is 728 g/mol. The van der Waals surface area contributed by atoms with E-state index in [-0.39, 0.29) is 34.4 Å². The number of aliphatic hydroxyl groups excluding tert-OH is 2. The molecule has 0 radical (unpaired) electrons. The number of hydrogen-bond donors (Lipinski definition) is 3. The van der Waals surface area contributed by atoms with Crippen molar-refractivity contribution >= 4 is 28.2 Å². The number of fused-ring (bicyclic) bond motifs is 11. The van der Waals surface area contributed by atoms with Crippen LogP contribution in [0.25, 0.3) is 16.5 Å². The van der Waals surface area contributed by atoms with Crippen LogP contribution in [0.5, 0.6) is 0 Å². The zero-order valence-corrected chi connectivity index (χ0v) is 33.2. The lowest BCUT2D eigenvalue weighted by molar-refractivity contribution is -0.145. The second-order valence-corrected chi connectivity index (χ2v) is 19.4. The van der Waals surface area contributed by atoms with Crippen molar-refractivity contribution in [2.24, 2.45) is 28.6 Å². The van der Waals surface area contributed by atoms with Gasteiger partial charge in [-0.15, -0.1) is 0 Å². The summed E-state index contributed by atoms with van der Waals surface area (Å²) in [5.74, 6) is 0.0608. The Kier molecular flexibility index (Phi) is 7.57. The highest BCUT2D eigenvalue weighted by Gasteiger charge is 2.68. The standard InChI is InChI=1S/C47H56N2O5/c1-25(2)38-41(53)36-35-28(31-23-43(3,4)54-44(5,6)37(31)40(35)52)22-29-30-21-27-15-16-32-45(7,19-18-34(51)48-24-26-13-11-10-12-14-26)33(50)17-20-46(32,8)47(27,9)42(30)49(38)39(29)36/h10-14,18-19,22-23,27,32-33,37-38,40,50,52H,1,15-17,20-21,24H2,2-9H3,(H,48,51)/b19-18+/t27?,32-,33-,37?,38-,40+,45-,46-,47+/m0/s1. The summed E-state index contributed by atoms with van der Waals surface area (Å²) in [7, 11) is 0. The van der Waals surface area contributed by atoms with E-state index < -0.39 is 34.9 Å². The zero-order chi connectivity index (χ0) is 38.5. The molecule has 9 atom stereocenters. The minimum absolute atomic E-state index is 0.0244. The van der Waals surface area contributed by atoms with Gasteiger partial charge in [0.15, 0.2) is 5.78 Å². The lowest BCUT2D eigenvalue weighted by Crippen LogP contribution is -2.62. The number of amides is 1. The van der Waals surface area contributed by atoms with E-state index in [1.807, 2.05) is 43.3 Å². The van der Waals surface area contributed by atoms with Gasteiger partial charge in [-0.1, -0.05) is 69.3 Å². The summed E-state index contributed by atoms with van der Waals surface area (Å²) >= 11 is 0. The summed E-state index contributed by atoms with van der Waals surface area (Å²) in [5.41, 5.74) is 6.54. The molecule has 2 aliphatic heterocycles. The molecular formula is C47H56N2O5. The number of nitrogens with zero attached hydrogens (tertiary/aromatic N) is 1. The Balaban J connectivity index is 1.18. The third-order valence-electron chi connectivity index (χ3n) is 15.5. The first-order valence-electron chi connectivity index (χ1n) is 20.1. The van der Waals surface area contributed by atoms with Gasteiger partial charge >= 0.3 is 0 Å². The molecule has 4 aliphatic carbocycles. The second-order valence-electron chi connectivity index (χ2n) is 19.4. The molecule has 1 aromatic heterocycles. The predicted octanol–water partition coefficient (Wildman–Crippen LogP) is 8.47. The van der Waals surface area contributed by atoms with E-state index in [2.05, 4.69) is 77.1 Å². The van der Waals surface area contributed by atoms with E-state index in [1.54, 1.807) is 6.08 Å². The molecule has 2 saturated carbocycles. The van der Waals surface area contributed by atoms with E-state index in [0.717, 1.165) is 64.4 Å². The smallest absolute Gasteiger partial charge is 0.243 e. The Hall–Kier alpha value is -3.78. The molecule has 2 fully saturated rings. The van der Waals surface area contributed by atoms with Crippen LogP contribution in [-0.2, 0) is 27.9 Å². The number of benzene rings is 2. The number of carbonyl (C=O) groups is 2. The Morgan fingerprint density at radius 3 is 2.48 bits per heavy atom. The molecule has 3 heterocycles. The van der Waals surface area contributed by atoms with Crippen LogP contribution >= 0.6 is 0 Å². The fourth-order valence-corrected chi connectivity index (χ4v) is 13.2. The summed E-state index contributed by atoms with van der Waals surface area (Å²) in [4.78, 5) is 28.1. The van der Waals surface area contributed by atoms with Gasteiger partial charge in [-0.3, -0.25) is 9.59 Å². The van der Waals surface area contributed by atoms with Crippen LogP contribution in [0.3, 0.4) is 0 Å². The number of ether oxygens (including phenoxy) is 1. The van der Waals surface area contributed by atoms with Gasteiger partial charge in [0.25, 0.3) is 0 Å². The van der Waals surface area contributed by atoms with Crippen LogP contribution in [0.1, 0.15) is 132 Å². The molecule has 3 N–H and O–H groups in total. The molecule has 3 aromatic rings. The Bertz CT molecular complexity index is 2220. The highest BCUT2D eigenvalue weighted by molar-refractivity contribution is 6.18. The molecule has 284 valence electrons. The SMILES string of the molecule is C=C(C)[C@H]1C(=O)c2c3c(cc4c5c(n1c24)[C@@]1(C)C(CC[C@H]2[C@](C)(/C=C/C(=O)NCc4ccccc4)[C@@H](O)CC[C@@]21C)C5)C1=CC(C)(C)OC(C)(C)C1[C@@H]3O. The van der Waals surface area contributed by atoms with Crippen LogP contribution in [0.4, 0.5) is 0 Å². The number of aromatic nitrogens is 1. The molecule has 54 heavy (non-hydrogen) atoms. The average molecular weight is 729 g/mol. The van der Waals surface area contributed by atoms with Crippen LogP contribution in [0.15, 0.2) is 66.8 Å². The number of Topliss-reactive ketones (excluding diaryl/α,β-unsaturated/α-hetero) is 1. The fourth-order valence-electron chi connectivity index (χ4n) is 13.2. The lowest BCUT2D eigenvalue weighted by Gasteiger charge is -2.64. The number of rotatable bonds is 5. The van der Waals surface area contributed by atoms with Gasteiger partial charge in [0.05, 0.1) is 34.5 Å². The van der Waals surface area contributed by atoms with Crippen molar-refractivity contribution in [3.8, 4) is 0 Å². The molecular weight excluding hydrogens is 673 g/mol. The van der Waals surface area contributed by atoms with Crippen molar-refractivity contribution in [1.82, 2.24) is 9.88 Å². The van der Waals surface area contributed by atoms with Gasteiger partial charge < -0.3 is 24.8 Å². The highest BCUT2D eigenvalue weighted by Crippen LogP contribution is 2.71. The molecule has 2 unspecified atom stereocenters. The van der Waals surface area contributed by atoms with E-state index in [4.69, 9.17) is 4.74 Å². The molecule has 7 nitrogen and oxygen atoms in total. The number of carbonyl (C=O) groups excluding carboxylic acids is 2. The molecule has 2 aromatic carbocycles. The van der Waals surface area contributed by atoms with Gasteiger partial charge in [-0.25, -0.2) is 0 Å². The van der Waals surface area contributed by atoms with Crippen molar-refractivity contribution < 1.29 is 24.5 Å². The zero-order valence-electron chi connectivity index (χ0n) is 33.2. The Labute approximate surface area is 319 Å². The molecule has 0 bridgehead atoms. The minimum Gasteiger partial charge on any atom is -0.392 e. The maximum Gasteiger partial charge on any atom is 0.243 e. The van der Waals surface area contributed by atoms with Gasteiger partial charge in [0.2, 0.25) is 5.91 Å². The second kappa shape index (κ2) is 11.4. The fraction of sp³-hybridized carbons (Fsp3) is 0.532. The molecule has 6 aliphatic rings. The molecule has 0 spiro atoms. The average Bonchev–Trinajstić information content (AvgIpc) is 3.77. The first-order chi connectivity index (χ1) is 25.4. The maximum absolute atomic E-state index is 14.9. The predicted molar refractivity (Wildman–Crippen MR) is 212 cm³/mol. The quantitative estimate of drug-likeness (QED) is 0.181. The summed E-state index contributed by atoms with van der Waals surface area (Å²) in [5, 5.41) is 28.2. The van der Waals surface area contributed by atoms with Gasteiger partial charge in [-0.05, 0) is 124 Å². The van der Waals surface area contributed by atoms with Crippen LogP contribution < -0.4 is 5.32 Å². The van der Waals surface area contributed by atoms with Crippen LogP contribution in [0, 0.1) is 28.6 Å². The summed E-state index contributed by atoms with van der Waals surface area (Å²) in [6.45, 7) is 22.1. The lowest BCUT2D eigenvalue weighted by atomic mass is 9.40. The number of nitrogens with one attached hydrogen (secondary N) is 1. The van der Waals surface area contributed by atoms with Gasteiger partial charge in [0, 0.05) is 39.9 Å². The minimum atomic E-state index is -0.861. The third-order valence-corrected chi connectivity index (χ3v) is 15.5. The molecule has 1 amide bonds. The first-order valence-corrected chi connectivity index (χ1v) is 20.1. The number of hydrogen-bond acceptors (Lipinski definition) is 5. The van der Waals surface area contributed by atoms with Crippen molar-refractivity contribution in [1.29, 1.82) is 0 Å². The van der Waals surface area contributed by atoms with Crippen LogP contribution in [0.2, 0.25) is 0 Å². The van der Waals surface area contributed by atoms with Gasteiger partial charge in [0.1, 0.15) is 6.04 Å². The van der Waals surface area contributed by atoms with Crippen molar-refractivity contribution in [2.75, 3.05) is 0 Å². The number of allylic oxidation sites excluding steroid dienone is 1. The molecule has 0 saturated heterocycles. The Morgan fingerprint density at radius 2 is 1.78 bits per heavy atom. The van der Waals surface area contributed by atoms with Crippen molar-refractivity contribution in [3.63, 3.8) is 0 Å². The Morgan fingerprint density at radius 1 is 1.06 bits per heavy atom. The van der Waals surface area contributed by atoms with Crippen molar-refractivity contribution in [3.05, 3.63) is 100 Å². The van der Waals surface area contributed by atoms with E-state index >= 15 is 0 Å². The van der Waals surface area contributed by atoms with E-state index in [0.29, 0.717) is 24.4 Å². The largest absolute Gasteiger partial charge is 0.392 e. The normalized spacial score (nSPS) is 36.7. The van der Waals surface area contributed by atoms with E-state index in [9.17, 15) is 19.8 Å². The number of ketones is 1. The first kappa shape index (κ1) is 35.9. The molecule has 7 heteroatoms. The van der Waals surface area contributed by atoms with Crippen LogP contribution in [-0.4, -0.2) is 43.8 Å². The highest BCUT2D eigenvalue weighted by atomic mass is 16.5. The third kappa shape index (κ3) is 4.52. The van der Waals surface area contributed by atoms with Crippen molar-refractivity contribution in [2.45, 2.75) is 129 Å².